The van der Waals surface area contributed by atoms with Gasteiger partial charge in [0.15, 0.2) is 11.6 Å². The first-order chi connectivity index (χ1) is 16.0. The lowest BCUT2D eigenvalue weighted by Crippen LogP contribution is -2.26. The fourth-order valence-electron chi connectivity index (χ4n) is 3.17. The monoisotopic (exact) mass is 487 g/mol. The molecule has 0 heterocycles. The smallest absolute Gasteiger partial charge is 0.273 e. The van der Waals surface area contributed by atoms with Crippen LogP contribution in [0.5, 0.6) is 5.75 Å². The van der Waals surface area contributed by atoms with E-state index in [1.165, 1.54) is 62.6 Å². The topological polar surface area (TPSA) is 128 Å². The van der Waals surface area contributed by atoms with E-state index in [0.29, 0.717) is 11.1 Å². The normalized spacial score (nSPS) is 12.0. The number of carbonyl (C=O) groups excluding carboxylic acids is 1. The van der Waals surface area contributed by atoms with Crippen molar-refractivity contribution in [2.45, 2.75) is 24.8 Å². The van der Waals surface area contributed by atoms with Crippen molar-refractivity contribution in [2.75, 3.05) is 11.8 Å². The first-order valence-corrected chi connectivity index (χ1v) is 11.5. The molecule has 178 valence electrons. The number of sulfonamides is 1. The van der Waals surface area contributed by atoms with Gasteiger partial charge in [-0.05, 0) is 61.9 Å². The fourth-order valence-corrected chi connectivity index (χ4v) is 4.25. The number of nitro benzene ring substituents is 1. The minimum Gasteiger partial charge on any atom is -0.494 e. The van der Waals surface area contributed by atoms with Crippen molar-refractivity contribution < 1.29 is 27.3 Å². The Hall–Kier alpha value is -3.99. The summed E-state index contributed by atoms with van der Waals surface area (Å²) in [6.45, 7) is 3.21. The maximum atomic E-state index is 13.9. The summed E-state index contributed by atoms with van der Waals surface area (Å²) in [5.74, 6) is -0.885. The van der Waals surface area contributed by atoms with Crippen LogP contribution in [0.4, 0.5) is 15.8 Å². The number of aryl methyl sites for hydroxylation is 1. The maximum Gasteiger partial charge on any atom is 0.273 e. The minimum atomic E-state index is -4.08. The summed E-state index contributed by atoms with van der Waals surface area (Å²) >= 11 is 0. The second-order valence-electron chi connectivity index (χ2n) is 7.48. The highest BCUT2D eigenvalue weighted by Crippen LogP contribution is 2.25. The highest BCUT2D eigenvalue weighted by Gasteiger charge is 2.20. The fraction of sp³-hybridized carbons (Fsp3) is 0.174. The van der Waals surface area contributed by atoms with Crippen LogP contribution >= 0.6 is 0 Å². The molecule has 11 heteroatoms. The molecule has 2 N–H and O–H groups in total. The molecule has 0 saturated carbocycles. The predicted octanol–water partition coefficient (Wildman–Crippen LogP) is 4.34. The summed E-state index contributed by atoms with van der Waals surface area (Å²) in [7, 11) is -2.73. The Bertz CT molecular complexity index is 1340. The highest BCUT2D eigenvalue weighted by atomic mass is 32.2. The van der Waals surface area contributed by atoms with Crippen LogP contribution in [-0.2, 0) is 10.0 Å². The maximum absolute atomic E-state index is 13.9. The van der Waals surface area contributed by atoms with E-state index in [1.54, 1.807) is 13.0 Å². The molecule has 1 atom stereocenters. The molecule has 0 aliphatic heterocycles. The van der Waals surface area contributed by atoms with E-state index in [1.807, 2.05) is 0 Å². The van der Waals surface area contributed by atoms with E-state index in [-0.39, 0.29) is 27.6 Å². The number of hydrogen-bond acceptors (Lipinski definition) is 6. The van der Waals surface area contributed by atoms with E-state index < -0.39 is 32.7 Å². The second-order valence-corrected chi connectivity index (χ2v) is 9.16. The van der Waals surface area contributed by atoms with Crippen molar-refractivity contribution >= 4 is 27.3 Å². The summed E-state index contributed by atoms with van der Waals surface area (Å²) in [6, 6.07) is 13.1. The van der Waals surface area contributed by atoms with Gasteiger partial charge in [0.25, 0.3) is 21.6 Å². The molecule has 0 unspecified atom stereocenters. The average Bonchev–Trinajstić information content (AvgIpc) is 2.79. The molecule has 9 nitrogen and oxygen atoms in total. The number of anilines is 1. The molecule has 0 saturated heterocycles. The van der Waals surface area contributed by atoms with Gasteiger partial charge >= 0.3 is 0 Å². The van der Waals surface area contributed by atoms with E-state index in [9.17, 15) is 27.7 Å². The Morgan fingerprint density at radius 1 is 1.09 bits per heavy atom. The van der Waals surface area contributed by atoms with Gasteiger partial charge in [-0.15, -0.1) is 0 Å². The number of amides is 1. The van der Waals surface area contributed by atoms with Gasteiger partial charge in [0.2, 0.25) is 0 Å². The van der Waals surface area contributed by atoms with Crippen LogP contribution in [0.3, 0.4) is 0 Å². The van der Waals surface area contributed by atoms with Crippen LogP contribution in [0.15, 0.2) is 65.6 Å². The van der Waals surface area contributed by atoms with Crippen molar-refractivity contribution in [2.24, 2.45) is 0 Å². The number of halogens is 1. The number of benzene rings is 3. The molecular formula is C23H22FN3O6S. The van der Waals surface area contributed by atoms with Crippen molar-refractivity contribution in [3.63, 3.8) is 0 Å². The Labute approximate surface area is 195 Å². The summed E-state index contributed by atoms with van der Waals surface area (Å²) in [5.41, 5.74) is 1.01. The molecule has 0 aromatic heterocycles. The van der Waals surface area contributed by atoms with Gasteiger partial charge in [-0.3, -0.25) is 19.6 Å². The number of hydrogen-bond donors (Lipinski definition) is 2. The number of carbonyl (C=O) groups is 1. The number of methoxy groups -OCH3 is 1. The summed E-state index contributed by atoms with van der Waals surface area (Å²) in [6.07, 6.45) is 0. The molecular weight excluding hydrogens is 465 g/mol. The minimum absolute atomic E-state index is 0.0977. The van der Waals surface area contributed by atoms with E-state index in [0.717, 1.165) is 6.07 Å². The molecule has 0 spiro atoms. The van der Waals surface area contributed by atoms with Crippen LogP contribution in [0.2, 0.25) is 0 Å². The van der Waals surface area contributed by atoms with Gasteiger partial charge in [0.05, 0.1) is 23.0 Å². The summed E-state index contributed by atoms with van der Waals surface area (Å²) in [4.78, 5) is 22.7. The Balaban J connectivity index is 1.71. The van der Waals surface area contributed by atoms with Crippen molar-refractivity contribution in [3.8, 4) is 5.75 Å². The molecule has 0 aliphatic rings. The van der Waals surface area contributed by atoms with Crippen LogP contribution in [0, 0.1) is 22.9 Å². The second kappa shape index (κ2) is 9.87. The van der Waals surface area contributed by atoms with Crippen molar-refractivity contribution in [3.05, 3.63) is 93.3 Å². The van der Waals surface area contributed by atoms with Gasteiger partial charge in [-0.25, -0.2) is 12.8 Å². The Morgan fingerprint density at radius 3 is 2.35 bits per heavy atom. The molecule has 0 bridgehead atoms. The lowest BCUT2D eigenvalue weighted by Gasteiger charge is -2.15. The standard InChI is InChI=1S/C23H22FN3O6S/c1-14-4-10-19(13-21(14)27(29)30)34(31,32)26-18-8-5-16(6-9-18)23(28)25-15(2)17-7-11-22(33-3)20(24)12-17/h4-13,15,26H,1-3H3,(H,25,28)/t15-/m1/s1. The van der Waals surface area contributed by atoms with E-state index >= 15 is 0 Å². The van der Waals surface area contributed by atoms with Gasteiger partial charge < -0.3 is 10.1 Å². The van der Waals surface area contributed by atoms with Crippen molar-refractivity contribution in [1.29, 1.82) is 0 Å². The molecule has 0 radical (unpaired) electrons. The van der Waals surface area contributed by atoms with E-state index in [4.69, 9.17) is 4.74 Å². The number of nitro groups is 1. The van der Waals surface area contributed by atoms with Crippen molar-refractivity contribution in [1.82, 2.24) is 5.32 Å². The summed E-state index contributed by atoms with van der Waals surface area (Å²) in [5, 5.41) is 13.8. The molecule has 34 heavy (non-hydrogen) atoms. The zero-order chi connectivity index (χ0) is 25.0. The first kappa shape index (κ1) is 24.6. The molecule has 0 fully saturated rings. The average molecular weight is 488 g/mol. The first-order valence-electron chi connectivity index (χ1n) is 10.0. The predicted molar refractivity (Wildman–Crippen MR) is 124 cm³/mol. The van der Waals surface area contributed by atoms with Gasteiger partial charge in [0.1, 0.15) is 0 Å². The lowest BCUT2D eigenvalue weighted by atomic mass is 10.1. The van der Waals surface area contributed by atoms with Crippen LogP contribution in [0.25, 0.3) is 0 Å². The molecule has 0 aliphatic carbocycles. The highest BCUT2D eigenvalue weighted by molar-refractivity contribution is 7.92. The number of ether oxygens (including phenoxy) is 1. The van der Waals surface area contributed by atoms with Gasteiger partial charge in [-0.1, -0.05) is 12.1 Å². The van der Waals surface area contributed by atoms with E-state index in [2.05, 4.69) is 10.0 Å². The number of nitrogens with one attached hydrogen (secondary N) is 2. The quantitative estimate of drug-likeness (QED) is 0.359. The van der Waals surface area contributed by atoms with Crippen LogP contribution in [0.1, 0.15) is 34.5 Å². The van der Waals surface area contributed by atoms with Crippen LogP contribution < -0.4 is 14.8 Å². The molecule has 3 aromatic rings. The Kier molecular flexibility index (Phi) is 7.16. The third-order valence-corrected chi connectivity index (χ3v) is 6.49. The largest absolute Gasteiger partial charge is 0.494 e. The van der Waals surface area contributed by atoms with Crippen LogP contribution in [-0.4, -0.2) is 26.4 Å². The third kappa shape index (κ3) is 5.49. The Morgan fingerprint density at radius 2 is 1.76 bits per heavy atom. The zero-order valence-corrected chi connectivity index (χ0v) is 19.4. The number of rotatable bonds is 8. The molecule has 1 amide bonds. The summed E-state index contributed by atoms with van der Waals surface area (Å²) < 4.78 is 46.4. The molecule has 3 aromatic carbocycles. The lowest BCUT2D eigenvalue weighted by molar-refractivity contribution is -0.385. The van der Waals surface area contributed by atoms with Gasteiger partial charge in [0, 0.05) is 22.9 Å². The third-order valence-electron chi connectivity index (χ3n) is 5.11. The SMILES string of the molecule is COc1ccc([C@@H](C)NC(=O)c2ccc(NS(=O)(=O)c3ccc(C)c([N+](=O)[O-])c3)cc2)cc1F. The number of nitrogens with zero attached hydrogens (tertiary/aromatic N) is 1. The zero-order valence-electron chi connectivity index (χ0n) is 18.5. The van der Waals surface area contributed by atoms with Gasteiger partial charge in [-0.2, -0.15) is 0 Å². The molecule has 3 rings (SSSR count).